The fraction of sp³-hybridized carbons (Fsp3) is 0.435. The molecule has 3 rings (SSSR count). The van der Waals surface area contributed by atoms with Crippen molar-refractivity contribution in [2.75, 3.05) is 31.1 Å². The van der Waals surface area contributed by atoms with Crippen LogP contribution in [-0.4, -0.2) is 50.9 Å². The largest absolute Gasteiger partial charge is 0.368 e. The highest BCUT2D eigenvalue weighted by Gasteiger charge is 2.23. The first-order chi connectivity index (χ1) is 14.1. The Morgan fingerprint density at radius 1 is 0.933 bits per heavy atom. The molecule has 0 bridgehead atoms. The summed E-state index contributed by atoms with van der Waals surface area (Å²) in [4.78, 5) is 17.1. The molecule has 1 amide bonds. The molecule has 0 spiro atoms. The zero-order valence-corrected chi connectivity index (χ0v) is 18.8. The van der Waals surface area contributed by atoms with Gasteiger partial charge in [0.05, 0.1) is 4.90 Å². The number of carbonyl (C=O) groups excluding carboxylic acids is 1. The predicted molar refractivity (Wildman–Crippen MR) is 120 cm³/mol. The number of carbonyl (C=O) groups is 1. The van der Waals surface area contributed by atoms with Crippen LogP contribution >= 0.6 is 0 Å². The number of hydrogen-bond acceptors (Lipinski definition) is 4. The second-order valence-electron chi connectivity index (χ2n) is 8.70. The van der Waals surface area contributed by atoms with Gasteiger partial charge in [-0.2, -0.15) is 0 Å². The van der Waals surface area contributed by atoms with Crippen molar-refractivity contribution < 1.29 is 13.2 Å². The molecule has 0 aliphatic carbocycles. The van der Waals surface area contributed by atoms with Gasteiger partial charge >= 0.3 is 0 Å². The number of nitrogens with one attached hydrogen (secondary N) is 1. The summed E-state index contributed by atoms with van der Waals surface area (Å²) in [6.07, 6.45) is 1.03. The van der Waals surface area contributed by atoms with Crippen molar-refractivity contribution in [2.45, 2.75) is 44.0 Å². The van der Waals surface area contributed by atoms with E-state index in [4.69, 9.17) is 0 Å². The minimum atomic E-state index is -3.54. The number of amides is 1. The molecule has 0 saturated carbocycles. The van der Waals surface area contributed by atoms with Gasteiger partial charge in [-0.1, -0.05) is 30.3 Å². The second-order valence-corrected chi connectivity index (χ2v) is 10.4. The molecule has 1 saturated heterocycles. The molecule has 1 N–H and O–H groups in total. The van der Waals surface area contributed by atoms with Crippen LogP contribution in [0.1, 0.15) is 32.8 Å². The minimum absolute atomic E-state index is 0.147. The Morgan fingerprint density at radius 3 is 2.10 bits per heavy atom. The molecule has 0 atom stereocenters. The van der Waals surface area contributed by atoms with Gasteiger partial charge in [-0.05, 0) is 57.0 Å². The number of piperazine rings is 1. The van der Waals surface area contributed by atoms with Crippen LogP contribution in [0.5, 0.6) is 0 Å². The van der Waals surface area contributed by atoms with Crippen LogP contribution in [0, 0.1) is 0 Å². The zero-order valence-electron chi connectivity index (χ0n) is 18.0. The van der Waals surface area contributed by atoms with Crippen LogP contribution in [0.2, 0.25) is 0 Å². The molecule has 30 heavy (non-hydrogen) atoms. The van der Waals surface area contributed by atoms with E-state index in [-0.39, 0.29) is 10.8 Å². The number of para-hydroxylation sites is 1. The summed E-state index contributed by atoms with van der Waals surface area (Å²) >= 11 is 0. The van der Waals surface area contributed by atoms with Crippen LogP contribution in [0.25, 0.3) is 0 Å². The third-order valence-corrected chi connectivity index (χ3v) is 6.83. The highest BCUT2D eigenvalue weighted by Crippen LogP contribution is 2.17. The van der Waals surface area contributed by atoms with Gasteiger partial charge in [0.1, 0.15) is 0 Å². The van der Waals surface area contributed by atoms with E-state index in [0.29, 0.717) is 12.8 Å². The quantitative estimate of drug-likeness (QED) is 0.766. The number of aryl methyl sites for hydroxylation is 1. The fourth-order valence-corrected chi connectivity index (χ4v) is 4.98. The molecule has 2 aromatic rings. The number of anilines is 1. The zero-order chi connectivity index (χ0) is 21.8. The average Bonchev–Trinajstić information content (AvgIpc) is 2.71. The molecular formula is C23H31N3O3S. The van der Waals surface area contributed by atoms with Gasteiger partial charge in [0.25, 0.3) is 0 Å². The lowest BCUT2D eigenvalue weighted by Gasteiger charge is -2.36. The topological polar surface area (TPSA) is 69.7 Å². The molecule has 0 unspecified atom stereocenters. The van der Waals surface area contributed by atoms with Crippen molar-refractivity contribution in [1.29, 1.82) is 0 Å². The van der Waals surface area contributed by atoms with Crippen LogP contribution in [0.15, 0.2) is 59.5 Å². The first kappa shape index (κ1) is 22.3. The van der Waals surface area contributed by atoms with Crippen molar-refractivity contribution in [3.63, 3.8) is 0 Å². The van der Waals surface area contributed by atoms with Gasteiger partial charge in [-0.25, -0.2) is 13.1 Å². The van der Waals surface area contributed by atoms with E-state index in [1.165, 1.54) is 5.69 Å². The molecule has 6 nitrogen and oxygen atoms in total. The first-order valence-electron chi connectivity index (χ1n) is 10.3. The third kappa shape index (κ3) is 6.06. The van der Waals surface area contributed by atoms with Crippen molar-refractivity contribution >= 4 is 21.6 Å². The minimum Gasteiger partial charge on any atom is -0.368 e. The molecule has 7 heteroatoms. The standard InChI is InChI=1S/C23H31N3O3S/c1-23(2,3)24-30(28,29)21-12-9-19(10-13-21)11-14-22(27)26-17-15-25(16-18-26)20-7-5-4-6-8-20/h4-10,12-13,24H,11,14-18H2,1-3H3. The van der Waals surface area contributed by atoms with Crippen molar-refractivity contribution in [2.24, 2.45) is 0 Å². The van der Waals surface area contributed by atoms with Crippen molar-refractivity contribution in [1.82, 2.24) is 9.62 Å². The van der Waals surface area contributed by atoms with Gasteiger partial charge in [-0.15, -0.1) is 0 Å². The normalized spacial score (nSPS) is 15.3. The summed E-state index contributed by atoms with van der Waals surface area (Å²) in [5.74, 6) is 0.147. The molecule has 1 heterocycles. The van der Waals surface area contributed by atoms with Gasteiger partial charge in [-0.3, -0.25) is 4.79 Å². The molecule has 0 radical (unpaired) electrons. The van der Waals surface area contributed by atoms with Crippen LogP contribution in [0.4, 0.5) is 5.69 Å². The summed E-state index contributed by atoms with van der Waals surface area (Å²) < 4.78 is 27.4. The van der Waals surface area contributed by atoms with E-state index in [1.807, 2.05) is 43.9 Å². The maximum absolute atomic E-state index is 12.6. The van der Waals surface area contributed by atoms with Gasteiger partial charge in [0, 0.05) is 43.8 Å². The smallest absolute Gasteiger partial charge is 0.241 e. The summed E-state index contributed by atoms with van der Waals surface area (Å²) in [7, 11) is -3.54. The predicted octanol–water partition coefficient (Wildman–Crippen LogP) is 3.04. The lowest BCUT2D eigenvalue weighted by atomic mass is 10.1. The Hall–Kier alpha value is -2.38. The highest BCUT2D eigenvalue weighted by atomic mass is 32.2. The maximum atomic E-state index is 12.6. The van der Waals surface area contributed by atoms with Crippen LogP contribution in [-0.2, 0) is 21.2 Å². The molecule has 1 aliphatic heterocycles. The Bertz CT molecular complexity index is 943. The van der Waals surface area contributed by atoms with Crippen molar-refractivity contribution in [3.05, 3.63) is 60.2 Å². The Morgan fingerprint density at radius 2 is 1.53 bits per heavy atom. The SMILES string of the molecule is CC(C)(C)NS(=O)(=O)c1ccc(CCC(=O)N2CCN(c3ccccc3)CC2)cc1. The van der Waals surface area contributed by atoms with E-state index in [0.717, 1.165) is 31.7 Å². The number of hydrogen-bond donors (Lipinski definition) is 1. The van der Waals surface area contributed by atoms with Crippen LogP contribution in [0.3, 0.4) is 0 Å². The fourth-order valence-electron chi connectivity index (χ4n) is 3.56. The summed E-state index contributed by atoms with van der Waals surface area (Å²) in [5.41, 5.74) is 1.62. The molecule has 0 aromatic heterocycles. The molecule has 1 aliphatic rings. The maximum Gasteiger partial charge on any atom is 0.241 e. The molecule has 2 aromatic carbocycles. The molecule has 1 fully saturated rings. The average molecular weight is 430 g/mol. The summed E-state index contributed by atoms with van der Waals surface area (Å²) in [6, 6.07) is 17.0. The number of nitrogens with zero attached hydrogens (tertiary/aromatic N) is 2. The van der Waals surface area contributed by atoms with Crippen molar-refractivity contribution in [3.8, 4) is 0 Å². The Labute approximate surface area is 179 Å². The lowest BCUT2D eigenvalue weighted by Crippen LogP contribution is -2.48. The number of rotatable bonds is 6. The second kappa shape index (κ2) is 9.18. The third-order valence-electron chi connectivity index (χ3n) is 5.06. The first-order valence-corrected chi connectivity index (χ1v) is 11.8. The van der Waals surface area contributed by atoms with E-state index >= 15 is 0 Å². The Balaban J connectivity index is 1.49. The monoisotopic (exact) mass is 429 g/mol. The van der Waals surface area contributed by atoms with E-state index < -0.39 is 15.6 Å². The van der Waals surface area contributed by atoms with E-state index in [1.54, 1.807) is 24.3 Å². The molecular weight excluding hydrogens is 398 g/mol. The number of sulfonamides is 1. The number of benzene rings is 2. The summed E-state index contributed by atoms with van der Waals surface area (Å²) in [5, 5.41) is 0. The molecule has 162 valence electrons. The van der Waals surface area contributed by atoms with Gasteiger partial charge < -0.3 is 9.80 Å². The highest BCUT2D eigenvalue weighted by molar-refractivity contribution is 7.89. The van der Waals surface area contributed by atoms with Gasteiger partial charge in [0.2, 0.25) is 15.9 Å². The van der Waals surface area contributed by atoms with E-state index in [2.05, 4.69) is 21.8 Å². The Kier molecular flexibility index (Phi) is 6.83. The van der Waals surface area contributed by atoms with E-state index in [9.17, 15) is 13.2 Å². The summed E-state index contributed by atoms with van der Waals surface area (Å²) in [6.45, 7) is 8.55. The van der Waals surface area contributed by atoms with Crippen LogP contribution < -0.4 is 9.62 Å². The van der Waals surface area contributed by atoms with Gasteiger partial charge in [0.15, 0.2) is 0 Å². The lowest BCUT2D eigenvalue weighted by molar-refractivity contribution is -0.131.